The topological polar surface area (TPSA) is 38.5 Å². The molecular weight excluding hydrogens is 224 g/mol. The van der Waals surface area contributed by atoms with Crippen LogP contribution in [0.4, 0.5) is 0 Å². The molecule has 0 heterocycles. The molecule has 0 aromatic heterocycles. The van der Waals surface area contributed by atoms with Crippen LogP contribution in [0, 0.1) is 0 Å². The maximum Gasteiger partial charge on any atom is 0.0615 e. The van der Waals surface area contributed by atoms with Crippen molar-refractivity contribution in [2.24, 2.45) is 5.73 Å². The van der Waals surface area contributed by atoms with E-state index in [9.17, 15) is 0 Å². The first-order valence-corrected chi connectivity index (χ1v) is 6.70. The minimum Gasteiger partial charge on any atom is -0.383 e. The van der Waals surface area contributed by atoms with Crippen LogP contribution in [0.25, 0.3) is 0 Å². The van der Waals surface area contributed by atoms with E-state index < -0.39 is 0 Å². The van der Waals surface area contributed by atoms with Crippen LogP contribution >= 0.6 is 0 Å². The van der Waals surface area contributed by atoms with E-state index in [1.54, 1.807) is 7.11 Å². The van der Waals surface area contributed by atoms with Crippen LogP contribution in [0.5, 0.6) is 0 Å². The average Bonchev–Trinajstić information content (AvgIpc) is 2.41. The van der Waals surface area contributed by atoms with Gasteiger partial charge < -0.3 is 10.5 Å². The first kappa shape index (κ1) is 15.2. The Bertz CT molecular complexity index is 316. The predicted molar refractivity (Wildman–Crippen MR) is 76.8 cm³/mol. The van der Waals surface area contributed by atoms with Gasteiger partial charge in [-0.2, -0.15) is 0 Å². The van der Waals surface area contributed by atoms with Crippen molar-refractivity contribution in [3.63, 3.8) is 0 Å². The van der Waals surface area contributed by atoms with Crippen molar-refractivity contribution in [3.05, 3.63) is 35.9 Å². The molecule has 0 amide bonds. The minimum absolute atomic E-state index is 0.394. The quantitative estimate of drug-likeness (QED) is 0.768. The van der Waals surface area contributed by atoms with Crippen LogP contribution in [0.2, 0.25) is 0 Å². The monoisotopic (exact) mass is 250 g/mol. The van der Waals surface area contributed by atoms with Crippen LogP contribution in [-0.4, -0.2) is 44.3 Å². The SMILES string of the molecule is CCN(CC(CN)c1ccccc1)C(C)COC. The van der Waals surface area contributed by atoms with Crippen LogP contribution < -0.4 is 5.73 Å². The third kappa shape index (κ3) is 4.41. The number of hydrogen-bond acceptors (Lipinski definition) is 3. The summed E-state index contributed by atoms with van der Waals surface area (Å²) in [6, 6.07) is 10.9. The lowest BCUT2D eigenvalue weighted by molar-refractivity contribution is 0.0987. The molecule has 1 aromatic carbocycles. The highest BCUT2D eigenvalue weighted by Gasteiger charge is 2.17. The van der Waals surface area contributed by atoms with Gasteiger partial charge in [-0.25, -0.2) is 0 Å². The molecule has 3 nitrogen and oxygen atoms in total. The van der Waals surface area contributed by atoms with Crippen LogP contribution in [0.1, 0.15) is 25.3 Å². The molecule has 0 saturated carbocycles. The fourth-order valence-corrected chi connectivity index (χ4v) is 2.29. The van der Waals surface area contributed by atoms with Crippen LogP contribution in [-0.2, 0) is 4.74 Å². The van der Waals surface area contributed by atoms with E-state index in [1.807, 2.05) is 6.07 Å². The number of nitrogens with two attached hydrogens (primary N) is 1. The van der Waals surface area contributed by atoms with Gasteiger partial charge in [0.1, 0.15) is 0 Å². The van der Waals surface area contributed by atoms with Crippen molar-refractivity contribution in [3.8, 4) is 0 Å². The Morgan fingerprint density at radius 2 is 1.94 bits per heavy atom. The molecule has 0 fully saturated rings. The molecule has 2 atom stereocenters. The average molecular weight is 250 g/mol. The lowest BCUT2D eigenvalue weighted by Gasteiger charge is -2.31. The molecule has 0 spiro atoms. The van der Waals surface area contributed by atoms with E-state index in [2.05, 4.69) is 43.0 Å². The third-order valence-corrected chi connectivity index (χ3v) is 3.45. The predicted octanol–water partition coefficient (Wildman–Crippen LogP) is 2.09. The molecule has 1 aromatic rings. The van der Waals surface area contributed by atoms with Gasteiger partial charge >= 0.3 is 0 Å². The summed E-state index contributed by atoms with van der Waals surface area (Å²) in [6.07, 6.45) is 0. The van der Waals surface area contributed by atoms with E-state index in [1.165, 1.54) is 5.56 Å². The molecule has 102 valence electrons. The molecule has 1 rings (SSSR count). The molecular formula is C15H26N2O. The normalized spacial score (nSPS) is 14.7. The fourth-order valence-electron chi connectivity index (χ4n) is 2.29. The maximum atomic E-state index is 5.92. The highest BCUT2D eigenvalue weighted by molar-refractivity contribution is 5.20. The van der Waals surface area contributed by atoms with Crippen molar-refractivity contribution in [1.82, 2.24) is 4.90 Å². The molecule has 0 saturated heterocycles. The molecule has 0 radical (unpaired) electrons. The first-order valence-electron chi connectivity index (χ1n) is 6.70. The summed E-state index contributed by atoms with van der Waals surface area (Å²) in [6.45, 7) is 7.84. The van der Waals surface area contributed by atoms with Gasteiger partial charge in [0.05, 0.1) is 6.61 Å². The minimum atomic E-state index is 0.394. The smallest absolute Gasteiger partial charge is 0.0615 e. The number of benzene rings is 1. The Morgan fingerprint density at radius 3 is 2.44 bits per heavy atom. The summed E-state index contributed by atoms with van der Waals surface area (Å²) in [5.41, 5.74) is 7.25. The summed E-state index contributed by atoms with van der Waals surface area (Å²) in [5, 5.41) is 0. The largest absolute Gasteiger partial charge is 0.383 e. The van der Waals surface area contributed by atoms with Gasteiger partial charge in [-0.3, -0.25) is 4.90 Å². The van der Waals surface area contributed by atoms with Gasteiger partial charge in [0.15, 0.2) is 0 Å². The molecule has 0 bridgehead atoms. The summed E-state index contributed by atoms with van der Waals surface area (Å²) in [5.74, 6) is 0.394. The zero-order chi connectivity index (χ0) is 13.4. The zero-order valence-electron chi connectivity index (χ0n) is 11.8. The van der Waals surface area contributed by atoms with Crippen LogP contribution in [0.3, 0.4) is 0 Å². The van der Waals surface area contributed by atoms with Gasteiger partial charge in [0.25, 0.3) is 0 Å². The summed E-state index contributed by atoms with van der Waals surface area (Å²) in [4.78, 5) is 2.42. The Kier molecular flexibility index (Phi) is 6.94. The van der Waals surface area contributed by atoms with Gasteiger partial charge in [-0.1, -0.05) is 37.3 Å². The summed E-state index contributed by atoms with van der Waals surface area (Å²) >= 11 is 0. The second kappa shape index (κ2) is 8.25. The highest BCUT2D eigenvalue weighted by atomic mass is 16.5. The van der Waals surface area contributed by atoms with Crippen molar-refractivity contribution in [1.29, 1.82) is 0 Å². The Balaban J connectivity index is 2.66. The number of hydrogen-bond donors (Lipinski definition) is 1. The molecule has 18 heavy (non-hydrogen) atoms. The highest BCUT2D eigenvalue weighted by Crippen LogP contribution is 2.17. The zero-order valence-corrected chi connectivity index (χ0v) is 11.8. The third-order valence-electron chi connectivity index (χ3n) is 3.45. The van der Waals surface area contributed by atoms with Crippen molar-refractivity contribution in [2.75, 3.05) is 33.4 Å². The van der Waals surface area contributed by atoms with E-state index in [0.29, 0.717) is 18.5 Å². The van der Waals surface area contributed by atoms with E-state index in [-0.39, 0.29) is 0 Å². The molecule has 3 heteroatoms. The van der Waals surface area contributed by atoms with Gasteiger partial charge in [-0.05, 0) is 19.0 Å². The Hall–Kier alpha value is -0.900. The molecule has 2 N–H and O–H groups in total. The Labute approximate surface area is 111 Å². The molecule has 0 aliphatic rings. The fraction of sp³-hybridized carbons (Fsp3) is 0.600. The van der Waals surface area contributed by atoms with Gasteiger partial charge in [-0.15, -0.1) is 0 Å². The first-order chi connectivity index (χ1) is 8.72. The van der Waals surface area contributed by atoms with E-state index >= 15 is 0 Å². The number of nitrogens with zero attached hydrogens (tertiary/aromatic N) is 1. The standard InChI is InChI=1S/C15H26N2O/c1-4-17(13(2)12-18-3)11-15(10-16)14-8-6-5-7-9-14/h5-9,13,15H,4,10-12,16H2,1-3H3. The maximum absolute atomic E-state index is 5.92. The van der Waals surface area contributed by atoms with Crippen molar-refractivity contribution >= 4 is 0 Å². The second-order valence-electron chi connectivity index (χ2n) is 4.74. The lowest BCUT2D eigenvalue weighted by Crippen LogP contribution is -2.40. The summed E-state index contributed by atoms with van der Waals surface area (Å²) in [7, 11) is 1.75. The molecule has 0 aliphatic heterocycles. The van der Waals surface area contributed by atoms with Crippen LogP contribution in [0.15, 0.2) is 30.3 Å². The Morgan fingerprint density at radius 1 is 1.28 bits per heavy atom. The van der Waals surface area contributed by atoms with Crippen molar-refractivity contribution in [2.45, 2.75) is 25.8 Å². The van der Waals surface area contributed by atoms with Gasteiger partial charge in [0, 0.05) is 32.2 Å². The number of ether oxygens (including phenoxy) is 1. The van der Waals surface area contributed by atoms with E-state index in [4.69, 9.17) is 10.5 Å². The van der Waals surface area contributed by atoms with Crippen molar-refractivity contribution < 1.29 is 4.74 Å². The van der Waals surface area contributed by atoms with E-state index in [0.717, 1.165) is 19.7 Å². The number of rotatable bonds is 8. The summed E-state index contributed by atoms with van der Waals surface area (Å²) < 4.78 is 5.23. The lowest BCUT2D eigenvalue weighted by atomic mass is 9.98. The molecule has 2 unspecified atom stereocenters. The number of likely N-dealkylation sites (N-methyl/N-ethyl adjacent to an activating group) is 1. The molecule has 0 aliphatic carbocycles. The second-order valence-corrected chi connectivity index (χ2v) is 4.74. The van der Waals surface area contributed by atoms with Gasteiger partial charge in [0.2, 0.25) is 0 Å². The number of methoxy groups -OCH3 is 1.